The number of benzene rings is 1. The summed E-state index contributed by atoms with van der Waals surface area (Å²) in [6.45, 7) is 0. The van der Waals surface area contributed by atoms with Crippen molar-refractivity contribution in [2.75, 3.05) is 14.2 Å². The normalized spacial score (nSPS) is 11.9. The Bertz CT molecular complexity index is 811. The number of carbonyl (C=O) groups excluding carboxylic acids is 3. The van der Waals surface area contributed by atoms with Crippen LogP contribution in [0.25, 0.3) is 10.9 Å². The Morgan fingerprint density at radius 1 is 1.16 bits per heavy atom. The van der Waals surface area contributed by atoms with Gasteiger partial charge in [-0.25, -0.2) is 9.59 Å². The summed E-state index contributed by atoms with van der Waals surface area (Å²) >= 11 is 0. The van der Waals surface area contributed by atoms with Gasteiger partial charge in [0.05, 0.1) is 25.3 Å². The van der Waals surface area contributed by atoms with Crippen LogP contribution in [0.3, 0.4) is 0 Å². The number of methoxy groups -OCH3 is 2. The number of nitrogens with one attached hydrogen (secondary N) is 1. The maximum absolute atomic E-state index is 12.6. The molecule has 0 aliphatic heterocycles. The van der Waals surface area contributed by atoms with Crippen LogP contribution in [0.5, 0.6) is 0 Å². The molecule has 2 aromatic rings. The lowest BCUT2D eigenvalue weighted by Crippen LogP contribution is -2.41. The van der Waals surface area contributed by atoms with E-state index in [9.17, 15) is 14.4 Å². The van der Waals surface area contributed by atoms with Crippen molar-refractivity contribution in [3.63, 3.8) is 0 Å². The van der Waals surface area contributed by atoms with Crippen LogP contribution in [0.15, 0.2) is 48.7 Å². The van der Waals surface area contributed by atoms with Gasteiger partial charge in [0.15, 0.2) is 0 Å². The Kier molecular flexibility index (Phi) is 6.22. The first-order valence-electron chi connectivity index (χ1n) is 7.53. The Labute approximate surface area is 144 Å². The van der Waals surface area contributed by atoms with Crippen LogP contribution in [0.1, 0.15) is 16.8 Å². The number of hydrogen-bond donors (Lipinski definition) is 1. The predicted molar refractivity (Wildman–Crippen MR) is 90.8 cm³/mol. The van der Waals surface area contributed by atoms with E-state index in [2.05, 4.69) is 15.0 Å². The van der Waals surface area contributed by atoms with Gasteiger partial charge in [-0.3, -0.25) is 9.78 Å². The second kappa shape index (κ2) is 8.58. The van der Waals surface area contributed by atoms with E-state index in [1.165, 1.54) is 32.6 Å². The molecule has 25 heavy (non-hydrogen) atoms. The van der Waals surface area contributed by atoms with E-state index in [1.807, 2.05) is 6.07 Å². The van der Waals surface area contributed by atoms with Gasteiger partial charge < -0.3 is 14.8 Å². The molecule has 0 saturated heterocycles. The number of para-hydroxylation sites is 1. The number of nitrogens with zero attached hydrogens (tertiary/aromatic N) is 1. The van der Waals surface area contributed by atoms with Gasteiger partial charge in [-0.15, -0.1) is 0 Å². The van der Waals surface area contributed by atoms with Gasteiger partial charge in [0, 0.05) is 17.7 Å². The molecule has 0 fully saturated rings. The highest BCUT2D eigenvalue weighted by Gasteiger charge is 2.22. The molecule has 1 amide bonds. The molecule has 1 atom stereocenters. The first-order chi connectivity index (χ1) is 12.1. The molecule has 1 aromatic carbocycles. The Morgan fingerprint density at radius 2 is 1.92 bits per heavy atom. The van der Waals surface area contributed by atoms with Crippen LogP contribution in [0, 0.1) is 0 Å². The van der Waals surface area contributed by atoms with Crippen LogP contribution in [0.2, 0.25) is 0 Å². The number of rotatable bonds is 6. The van der Waals surface area contributed by atoms with Gasteiger partial charge in [-0.1, -0.05) is 24.3 Å². The van der Waals surface area contributed by atoms with Crippen molar-refractivity contribution < 1.29 is 23.9 Å². The average molecular weight is 342 g/mol. The number of ether oxygens (including phenoxy) is 2. The summed E-state index contributed by atoms with van der Waals surface area (Å²) in [5, 5.41) is 3.30. The van der Waals surface area contributed by atoms with Crippen molar-refractivity contribution in [3.05, 3.63) is 54.2 Å². The second-order valence-electron chi connectivity index (χ2n) is 5.09. The summed E-state index contributed by atoms with van der Waals surface area (Å²) in [6.07, 6.45) is 4.25. The quantitative estimate of drug-likeness (QED) is 0.633. The number of aromatic nitrogens is 1. The molecule has 1 aromatic heterocycles. The third-order valence-electron chi connectivity index (χ3n) is 3.51. The van der Waals surface area contributed by atoms with E-state index in [4.69, 9.17) is 4.74 Å². The van der Waals surface area contributed by atoms with E-state index in [-0.39, 0.29) is 6.42 Å². The molecular weight excluding hydrogens is 324 g/mol. The zero-order valence-corrected chi connectivity index (χ0v) is 13.9. The molecule has 0 radical (unpaired) electrons. The van der Waals surface area contributed by atoms with Gasteiger partial charge in [0.1, 0.15) is 6.04 Å². The fourth-order valence-electron chi connectivity index (χ4n) is 2.25. The van der Waals surface area contributed by atoms with Crippen molar-refractivity contribution in [3.8, 4) is 0 Å². The van der Waals surface area contributed by atoms with Crippen molar-refractivity contribution in [2.24, 2.45) is 0 Å². The SMILES string of the molecule is COC(=O)/C=C/C[C@H](NC(=O)c1ccnc2ccccc12)C(=O)OC. The summed E-state index contributed by atoms with van der Waals surface area (Å²) in [5.41, 5.74) is 1.08. The maximum atomic E-state index is 12.6. The van der Waals surface area contributed by atoms with Crippen LogP contribution in [0.4, 0.5) is 0 Å². The number of amides is 1. The van der Waals surface area contributed by atoms with E-state index in [0.717, 1.165) is 0 Å². The molecule has 0 aliphatic rings. The fourth-order valence-corrected chi connectivity index (χ4v) is 2.25. The first kappa shape index (κ1) is 18.1. The standard InChI is InChI=1S/C18H18N2O5/c1-24-16(21)9-5-8-15(18(23)25-2)20-17(22)13-10-11-19-14-7-4-3-6-12(13)14/h3-7,9-11,15H,8H2,1-2H3,(H,20,22)/b9-5+/t15-/m0/s1. The Balaban J connectivity index is 2.19. The number of fused-ring (bicyclic) bond motifs is 1. The minimum absolute atomic E-state index is 0.0938. The number of esters is 2. The molecule has 7 heteroatoms. The van der Waals surface area contributed by atoms with Gasteiger partial charge in [-0.05, 0) is 18.6 Å². The summed E-state index contributed by atoms with van der Waals surface area (Å²) < 4.78 is 9.19. The summed E-state index contributed by atoms with van der Waals surface area (Å²) in [4.78, 5) is 39.8. The van der Waals surface area contributed by atoms with E-state index < -0.39 is 23.9 Å². The summed E-state index contributed by atoms with van der Waals surface area (Å²) in [6, 6.07) is 7.86. The molecular formula is C18H18N2O5. The van der Waals surface area contributed by atoms with E-state index in [1.54, 1.807) is 24.3 Å². The molecule has 7 nitrogen and oxygen atoms in total. The van der Waals surface area contributed by atoms with Crippen LogP contribution >= 0.6 is 0 Å². The van der Waals surface area contributed by atoms with E-state index in [0.29, 0.717) is 16.5 Å². The third-order valence-corrected chi connectivity index (χ3v) is 3.51. The summed E-state index contributed by atoms with van der Waals surface area (Å²) in [5.74, 6) is -1.59. The smallest absolute Gasteiger partial charge is 0.330 e. The van der Waals surface area contributed by atoms with Gasteiger partial charge in [0.25, 0.3) is 5.91 Å². The largest absolute Gasteiger partial charge is 0.467 e. The lowest BCUT2D eigenvalue weighted by Gasteiger charge is -2.15. The van der Waals surface area contributed by atoms with Crippen molar-refractivity contribution in [1.29, 1.82) is 0 Å². The molecule has 0 bridgehead atoms. The first-order valence-corrected chi connectivity index (χ1v) is 7.53. The third kappa shape index (κ3) is 4.63. The van der Waals surface area contributed by atoms with Crippen LogP contribution in [-0.4, -0.2) is 43.1 Å². The number of hydrogen-bond acceptors (Lipinski definition) is 6. The summed E-state index contributed by atoms with van der Waals surface area (Å²) in [7, 11) is 2.48. The predicted octanol–water partition coefficient (Wildman–Crippen LogP) is 1.63. The van der Waals surface area contributed by atoms with Crippen molar-refractivity contribution in [2.45, 2.75) is 12.5 Å². The monoisotopic (exact) mass is 342 g/mol. The molecule has 1 heterocycles. The van der Waals surface area contributed by atoms with Crippen molar-refractivity contribution in [1.82, 2.24) is 10.3 Å². The highest BCUT2D eigenvalue weighted by atomic mass is 16.5. The van der Waals surface area contributed by atoms with Gasteiger partial charge >= 0.3 is 11.9 Å². The zero-order valence-electron chi connectivity index (χ0n) is 13.9. The molecule has 2 rings (SSSR count). The fraction of sp³-hybridized carbons (Fsp3) is 0.222. The highest BCUT2D eigenvalue weighted by molar-refractivity contribution is 6.07. The molecule has 0 saturated carbocycles. The van der Waals surface area contributed by atoms with Crippen LogP contribution in [-0.2, 0) is 19.1 Å². The average Bonchev–Trinajstić information content (AvgIpc) is 2.65. The minimum Gasteiger partial charge on any atom is -0.467 e. The Hall–Kier alpha value is -3.22. The van der Waals surface area contributed by atoms with Crippen molar-refractivity contribution >= 4 is 28.7 Å². The Morgan fingerprint density at radius 3 is 2.64 bits per heavy atom. The minimum atomic E-state index is -0.926. The maximum Gasteiger partial charge on any atom is 0.330 e. The lowest BCUT2D eigenvalue weighted by molar-refractivity contribution is -0.143. The second-order valence-corrected chi connectivity index (χ2v) is 5.09. The molecule has 0 unspecified atom stereocenters. The van der Waals surface area contributed by atoms with Crippen LogP contribution < -0.4 is 5.32 Å². The van der Waals surface area contributed by atoms with Gasteiger partial charge in [0.2, 0.25) is 0 Å². The molecule has 0 aliphatic carbocycles. The van der Waals surface area contributed by atoms with Gasteiger partial charge in [-0.2, -0.15) is 0 Å². The number of pyridine rings is 1. The molecule has 130 valence electrons. The topological polar surface area (TPSA) is 94.6 Å². The number of carbonyl (C=O) groups is 3. The molecule has 0 spiro atoms. The lowest BCUT2D eigenvalue weighted by atomic mass is 10.1. The highest BCUT2D eigenvalue weighted by Crippen LogP contribution is 2.16. The van der Waals surface area contributed by atoms with E-state index >= 15 is 0 Å². The molecule has 1 N–H and O–H groups in total. The zero-order chi connectivity index (χ0) is 18.2.